The Balaban J connectivity index is 2.57. The summed E-state index contributed by atoms with van der Waals surface area (Å²) in [7, 11) is 0. The molecule has 0 saturated heterocycles. The number of hydrogen-bond acceptors (Lipinski definition) is 4. The van der Waals surface area contributed by atoms with Crippen molar-refractivity contribution in [3.63, 3.8) is 0 Å². The van der Waals surface area contributed by atoms with E-state index in [0.29, 0.717) is 11.4 Å². The van der Waals surface area contributed by atoms with E-state index in [1.165, 1.54) is 17.1 Å². The van der Waals surface area contributed by atoms with Gasteiger partial charge in [0.15, 0.2) is 5.82 Å². The summed E-state index contributed by atoms with van der Waals surface area (Å²) >= 11 is 0. The molecule has 0 unspecified atom stereocenters. The summed E-state index contributed by atoms with van der Waals surface area (Å²) in [6.07, 6.45) is 4.37. The van der Waals surface area contributed by atoms with Crippen molar-refractivity contribution in [3.8, 4) is 11.9 Å². The van der Waals surface area contributed by atoms with E-state index < -0.39 is 5.91 Å². The number of aryl methyl sites for hydroxylation is 1. The van der Waals surface area contributed by atoms with Crippen LogP contribution in [0.2, 0.25) is 0 Å². The maximum absolute atomic E-state index is 11.0. The van der Waals surface area contributed by atoms with Crippen LogP contribution in [0.25, 0.3) is 5.82 Å². The molecule has 2 aromatic rings. The molecule has 0 bridgehead atoms. The van der Waals surface area contributed by atoms with Gasteiger partial charge in [-0.25, -0.2) is 9.67 Å². The topological polar surface area (TPSA) is 97.6 Å². The molecule has 0 aromatic carbocycles. The fourth-order valence-corrected chi connectivity index (χ4v) is 1.42. The smallest absolute Gasteiger partial charge is 0.251 e. The predicted octanol–water partition coefficient (Wildman–Crippen LogP) is 0.546. The molecule has 6 nitrogen and oxygen atoms in total. The first-order valence-corrected chi connectivity index (χ1v) is 4.84. The van der Waals surface area contributed by atoms with Crippen molar-refractivity contribution in [2.75, 3.05) is 0 Å². The number of pyridine rings is 1. The summed E-state index contributed by atoms with van der Waals surface area (Å²) in [5.74, 6) is -0.178. The predicted molar refractivity (Wildman–Crippen MR) is 59.3 cm³/mol. The number of hydrogen-bond donors (Lipinski definition) is 1. The minimum Gasteiger partial charge on any atom is -0.366 e. The quantitative estimate of drug-likeness (QED) is 0.809. The Kier molecular flexibility index (Phi) is 2.58. The molecule has 0 atom stereocenters. The lowest BCUT2D eigenvalue weighted by Crippen LogP contribution is -2.09. The van der Waals surface area contributed by atoms with Crippen LogP contribution in [0.3, 0.4) is 0 Å². The monoisotopic (exact) mass is 227 g/mol. The standard InChI is InChI=1S/C11H9N5O/c1-7-2-3-14-11(9(7)4-12)16-6-8(5-15-16)10(13)17/h2-3,5-6H,1H3,(H2,13,17). The van der Waals surface area contributed by atoms with E-state index in [1.807, 2.05) is 6.92 Å². The highest BCUT2D eigenvalue weighted by Gasteiger charge is 2.11. The number of primary amides is 1. The number of nitrogens with zero attached hydrogens (tertiary/aromatic N) is 4. The van der Waals surface area contributed by atoms with Gasteiger partial charge in [0, 0.05) is 12.4 Å². The van der Waals surface area contributed by atoms with Crippen molar-refractivity contribution < 1.29 is 4.79 Å². The lowest BCUT2D eigenvalue weighted by atomic mass is 10.1. The van der Waals surface area contributed by atoms with Gasteiger partial charge in [0.25, 0.3) is 5.91 Å². The molecule has 17 heavy (non-hydrogen) atoms. The zero-order chi connectivity index (χ0) is 12.4. The van der Waals surface area contributed by atoms with Gasteiger partial charge < -0.3 is 5.73 Å². The van der Waals surface area contributed by atoms with Crippen LogP contribution < -0.4 is 5.73 Å². The Labute approximate surface area is 97.3 Å². The third kappa shape index (κ3) is 1.86. The highest BCUT2D eigenvalue weighted by Crippen LogP contribution is 2.14. The highest BCUT2D eigenvalue weighted by atomic mass is 16.1. The molecule has 0 aliphatic rings. The summed E-state index contributed by atoms with van der Waals surface area (Å²) in [6, 6.07) is 3.80. The highest BCUT2D eigenvalue weighted by molar-refractivity contribution is 5.92. The van der Waals surface area contributed by atoms with Crippen LogP contribution in [-0.2, 0) is 0 Å². The summed E-state index contributed by atoms with van der Waals surface area (Å²) in [6.45, 7) is 1.81. The Morgan fingerprint density at radius 2 is 2.35 bits per heavy atom. The molecular formula is C11H9N5O. The molecule has 2 N–H and O–H groups in total. The Morgan fingerprint density at radius 3 is 2.94 bits per heavy atom. The van der Waals surface area contributed by atoms with Crippen LogP contribution in [0.15, 0.2) is 24.7 Å². The first-order valence-electron chi connectivity index (χ1n) is 4.84. The van der Waals surface area contributed by atoms with Crippen LogP contribution in [0, 0.1) is 18.3 Å². The van der Waals surface area contributed by atoms with Crippen molar-refractivity contribution in [2.24, 2.45) is 5.73 Å². The van der Waals surface area contributed by atoms with Gasteiger partial charge in [0.05, 0.1) is 17.3 Å². The van der Waals surface area contributed by atoms with E-state index in [4.69, 9.17) is 11.0 Å². The Morgan fingerprint density at radius 1 is 1.59 bits per heavy atom. The first-order chi connectivity index (χ1) is 8.13. The molecule has 2 aromatic heterocycles. The second kappa shape index (κ2) is 4.06. The van der Waals surface area contributed by atoms with Crippen LogP contribution >= 0.6 is 0 Å². The molecule has 84 valence electrons. The molecule has 0 aliphatic heterocycles. The number of amides is 1. The second-order valence-electron chi connectivity index (χ2n) is 3.48. The van der Waals surface area contributed by atoms with E-state index in [-0.39, 0.29) is 5.56 Å². The van der Waals surface area contributed by atoms with Crippen LogP contribution in [0.1, 0.15) is 21.5 Å². The zero-order valence-corrected chi connectivity index (χ0v) is 9.08. The van der Waals surface area contributed by atoms with Crippen molar-refractivity contribution in [3.05, 3.63) is 41.3 Å². The average Bonchev–Trinajstić information content (AvgIpc) is 2.77. The SMILES string of the molecule is Cc1ccnc(-n2cc(C(N)=O)cn2)c1C#N. The van der Waals surface area contributed by atoms with Gasteiger partial charge in [0.2, 0.25) is 0 Å². The van der Waals surface area contributed by atoms with Crippen molar-refractivity contribution in [1.82, 2.24) is 14.8 Å². The second-order valence-corrected chi connectivity index (χ2v) is 3.48. The molecular weight excluding hydrogens is 218 g/mol. The zero-order valence-electron chi connectivity index (χ0n) is 9.08. The Hall–Kier alpha value is -2.68. The number of nitriles is 1. The van der Waals surface area contributed by atoms with Crippen molar-refractivity contribution in [1.29, 1.82) is 5.26 Å². The van der Waals surface area contributed by atoms with Gasteiger partial charge in [0.1, 0.15) is 6.07 Å². The molecule has 0 spiro atoms. The van der Waals surface area contributed by atoms with E-state index in [1.54, 1.807) is 12.3 Å². The molecule has 0 fully saturated rings. The number of aromatic nitrogens is 3. The summed E-state index contributed by atoms with van der Waals surface area (Å²) in [5.41, 5.74) is 6.63. The fourth-order valence-electron chi connectivity index (χ4n) is 1.42. The molecule has 6 heteroatoms. The van der Waals surface area contributed by atoms with Crippen molar-refractivity contribution >= 4 is 5.91 Å². The lowest BCUT2D eigenvalue weighted by Gasteiger charge is -2.04. The molecule has 0 radical (unpaired) electrons. The van der Waals surface area contributed by atoms with E-state index in [9.17, 15) is 4.79 Å². The van der Waals surface area contributed by atoms with Gasteiger partial charge in [-0.2, -0.15) is 10.4 Å². The Bertz CT molecular complexity index is 623. The largest absolute Gasteiger partial charge is 0.366 e. The minimum absolute atomic E-state index is 0.275. The fraction of sp³-hybridized carbons (Fsp3) is 0.0909. The van der Waals surface area contributed by atoms with E-state index >= 15 is 0 Å². The first kappa shape index (κ1) is 10.8. The summed E-state index contributed by atoms with van der Waals surface area (Å²) in [4.78, 5) is 15.0. The molecule has 0 aliphatic carbocycles. The van der Waals surface area contributed by atoms with Gasteiger partial charge in [-0.05, 0) is 18.6 Å². The molecule has 2 heterocycles. The number of carbonyl (C=O) groups excluding carboxylic acids is 1. The third-order valence-corrected chi connectivity index (χ3v) is 2.34. The maximum Gasteiger partial charge on any atom is 0.251 e. The van der Waals surface area contributed by atoms with Gasteiger partial charge in [-0.3, -0.25) is 4.79 Å². The summed E-state index contributed by atoms with van der Waals surface area (Å²) in [5, 5.41) is 13.0. The average molecular weight is 227 g/mol. The molecule has 0 saturated carbocycles. The van der Waals surface area contributed by atoms with Crippen LogP contribution in [0.4, 0.5) is 0 Å². The minimum atomic E-state index is -0.567. The van der Waals surface area contributed by atoms with E-state index in [2.05, 4.69) is 16.2 Å². The number of nitrogens with two attached hydrogens (primary N) is 1. The summed E-state index contributed by atoms with van der Waals surface area (Å²) < 4.78 is 1.37. The molecule has 1 amide bonds. The van der Waals surface area contributed by atoms with Gasteiger partial charge in [-0.1, -0.05) is 0 Å². The van der Waals surface area contributed by atoms with Crippen molar-refractivity contribution in [2.45, 2.75) is 6.92 Å². The maximum atomic E-state index is 11.0. The van der Waals surface area contributed by atoms with E-state index in [0.717, 1.165) is 5.56 Å². The van der Waals surface area contributed by atoms with Crippen LogP contribution in [0.5, 0.6) is 0 Å². The van der Waals surface area contributed by atoms with Gasteiger partial charge >= 0.3 is 0 Å². The normalized spacial score (nSPS) is 9.88. The number of carbonyl (C=O) groups is 1. The molecule has 2 rings (SSSR count). The van der Waals surface area contributed by atoms with Gasteiger partial charge in [-0.15, -0.1) is 0 Å². The van der Waals surface area contributed by atoms with Crippen LogP contribution in [-0.4, -0.2) is 20.7 Å². The third-order valence-electron chi connectivity index (χ3n) is 2.34. The number of rotatable bonds is 2. The lowest BCUT2D eigenvalue weighted by molar-refractivity contribution is 0.100.